The molecule has 0 saturated heterocycles. The Morgan fingerprint density at radius 3 is 2.57 bits per heavy atom. The minimum absolute atomic E-state index is 0.0358. The number of nitrogens with one attached hydrogen (secondary N) is 3. The molecule has 8 nitrogen and oxygen atoms in total. The second-order valence-electron chi connectivity index (χ2n) is 6.44. The Balaban J connectivity index is 1.98. The summed E-state index contributed by atoms with van der Waals surface area (Å²) in [7, 11) is 1.86. The first-order chi connectivity index (χ1) is 13.5. The van der Waals surface area contributed by atoms with Gasteiger partial charge >= 0.3 is 0 Å². The van der Waals surface area contributed by atoms with E-state index in [1.165, 1.54) is 0 Å². The van der Waals surface area contributed by atoms with Gasteiger partial charge in [-0.1, -0.05) is 30.3 Å². The van der Waals surface area contributed by atoms with Gasteiger partial charge in [-0.15, -0.1) is 0 Å². The number of hydrogen-bond donors (Lipinski definition) is 5. The number of carbonyl (C=O) groups is 2. The molecule has 0 spiro atoms. The van der Waals surface area contributed by atoms with E-state index >= 15 is 0 Å². The van der Waals surface area contributed by atoms with Crippen LogP contribution in [0.3, 0.4) is 0 Å². The van der Waals surface area contributed by atoms with E-state index in [0.717, 1.165) is 24.0 Å². The number of rotatable bonds is 11. The summed E-state index contributed by atoms with van der Waals surface area (Å²) in [6.07, 6.45) is 3.37. The van der Waals surface area contributed by atoms with Gasteiger partial charge in [0.2, 0.25) is 0 Å². The molecule has 0 fully saturated rings. The lowest BCUT2D eigenvalue weighted by molar-refractivity contribution is 0.0973. The number of aromatic amines is 1. The Kier molecular flexibility index (Phi) is 7.65. The molecule has 1 heterocycles. The molecule has 7 N–H and O–H groups in total. The van der Waals surface area contributed by atoms with Crippen molar-refractivity contribution in [3.05, 3.63) is 58.9 Å². The molecule has 2 rings (SSSR count). The predicted molar refractivity (Wildman–Crippen MR) is 110 cm³/mol. The normalized spacial score (nSPS) is 12.5. The largest absolute Gasteiger partial charge is 0.382 e. The summed E-state index contributed by atoms with van der Waals surface area (Å²) in [6.45, 7) is 0. The Hall–Kier alpha value is -3.26. The molecule has 1 aromatic heterocycles. The van der Waals surface area contributed by atoms with Crippen molar-refractivity contribution in [2.24, 2.45) is 16.5 Å². The van der Waals surface area contributed by atoms with Gasteiger partial charge in [-0.3, -0.25) is 15.0 Å². The number of H-pyrrole nitrogens is 1. The first-order valence-electron chi connectivity index (χ1n) is 9.06. The number of hydrogen-bond acceptors (Lipinski definition) is 4. The molecule has 0 saturated carbocycles. The molecule has 1 atom stereocenters. The molecular formula is C20H26N6O2. The van der Waals surface area contributed by atoms with Gasteiger partial charge in [0.25, 0.3) is 5.91 Å². The summed E-state index contributed by atoms with van der Waals surface area (Å²) in [4.78, 5) is 30.7. The van der Waals surface area contributed by atoms with Crippen LogP contribution in [0.4, 0.5) is 0 Å². The zero-order chi connectivity index (χ0) is 20.5. The Bertz CT molecular complexity index is 857. The topological polar surface area (TPSA) is 150 Å². The fraction of sp³-hybridized carbons (Fsp3) is 0.300. The van der Waals surface area contributed by atoms with Crippen LogP contribution in [0.2, 0.25) is 0 Å². The van der Waals surface area contributed by atoms with E-state index in [-0.39, 0.29) is 23.2 Å². The minimum atomic E-state index is -0.612. The molecule has 0 bridgehead atoms. The van der Waals surface area contributed by atoms with Crippen LogP contribution in [0.25, 0.3) is 0 Å². The quantitative estimate of drug-likeness (QED) is 0.228. The van der Waals surface area contributed by atoms with Gasteiger partial charge in [0.1, 0.15) is 12.2 Å². The molecule has 148 valence electrons. The van der Waals surface area contributed by atoms with Gasteiger partial charge in [-0.25, -0.2) is 4.99 Å². The molecule has 1 aromatic carbocycles. The Morgan fingerprint density at radius 1 is 1.25 bits per heavy atom. The maximum absolute atomic E-state index is 12.3. The second kappa shape index (κ2) is 10.2. The van der Waals surface area contributed by atoms with Crippen LogP contribution in [0.5, 0.6) is 0 Å². The van der Waals surface area contributed by atoms with Crippen molar-refractivity contribution >= 4 is 23.9 Å². The number of benzene rings is 1. The number of amides is 1. The standard InChI is InChI=1S/C20H26N6O2/c1-24-14(9-10-17(27)13-5-3-2-4-6-13)7-8-15-11-16(20(23)28)18(26-15)19(22)25-12-21/h2-6,11-12,14,24,26H,7-10H2,1H3,(H2,23,28)(H3,21,22,25). The molecule has 2 aromatic rings. The lowest BCUT2D eigenvalue weighted by Crippen LogP contribution is -2.26. The van der Waals surface area contributed by atoms with Crippen molar-refractivity contribution in [3.8, 4) is 0 Å². The first kappa shape index (κ1) is 21.0. The maximum Gasteiger partial charge on any atom is 0.251 e. The SMILES string of the molecule is CNC(CCC(=O)c1ccccc1)CCc1cc(C(N)=O)c(C(N)=NC=N)[nH]1. The number of aliphatic imine (C=N–C) groups is 1. The number of aryl methyl sites for hydroxylation is 1. The minimum Gasteiger partial charge on any atom is -0.382 e. The smallest absolute Gasteiger partial charge is 0.251 e. The molecule has 1 amide bonds. The molecule has 0 aliphatic carbocycles. The fourth-order valence-electron chi connectivity index (χ4n) is 3.01. The van der Waals surface area contributed by atoms with Crippen LogP contribution >= 0.6 is 0 Å². The van der Waals surface area contributed by atoms with Crippen LogP contribution < -0.4 is 16.8 Å². The Morgan fingerprint density at radius 2 is 1.96 bits per heavy atom. The third-order valence-electron chi connectivity index (χ3n) is 4.58. The number of nitrogens with zero attached hydrogens (tertiary/aromatic N) is 1. The molecule has 0 aliphatic rings. The van der Waals surface area contributed by atoms with Gasteiger partial charge in [-0.05, 0) is 32.4 Å². The van der Waals surface area contributed by atoms with Crippen molar-refractivity contribution in [1.82, 2.24) is 10.3 Å². The van der Waals surface area contributed by atoms with Gasteiger partial charge < -0.3 is 21.8 Å². The lowest BCUT2D eigenvalue weighted by atomic mass is 10.00. The average molecular weight is 382 g/mol. The zero-order valence-corrected chi connectivity index (χ0v) is 15.9. The highest BCUT2D eigenvalue weighted by Gasteiger charge is 2.17. The van der Waals surface area contributed by atoms with Crippen LogP contribution in [-0.4, -0.2) is 41.9 Å². The third-order valence-corrected chi connectivity index (χ3v) is 4.58. The first-order valence-corrected chi connectivity index (χ1v) is 9.06. The van der Waals surface area contributed by atoms with E-state index in [2.05, 4.69) is 15.3 Å². The zero-order valence-electron chi connectivity index (χ0n) is 15.9. The van der Waals surface area contributed by atoms with Gasteiger partial charge in [-0.2, -0.15) is 0 Å². The van der Waals surface area contributed by atoms with Gasteiger partial charge in [0.05, 0.1) is 11.3 Å². The Labute approximate surface area is 163 Å². The van der Waals surface area contributed by atoms with E-state index < -0.39 is 5.91 Å². The summed E-state index contributed by atoms with van der Waals surface area (Å²) >= 11 is 0. The summed E-state index contributed by atoms with van der Waals surface area (Å²) < 4.78 is 0. The van der Waals surface area contributed by atoms with Gasteiger partial charge in [0, 0.05) is 23.7 Å². The molecule has 0 radical (unpaired) electrons. The highest BCUT2D eigenvalue weighted by atomic mass is 16.1. The predicted octanol–water partition coefficient (Wildman–Crippen LogP) is 1.61. The van der Waals surface area contributed by atoms with E-state index in [1.807, 2.05) is 37.4 Å². The van der Waals surface area contributed by atoms with E-state index in [0.29, 0.717) is 25.0 Å². The van der Waals surface area contributed by atoms with Crippen LogP contribution in [0.15, 0.2) is 41.4 Å². The molecule has 28 heavy (non-hydrogen) atoms. The number of primary amides is 1. The van der Waals surface area contributed by atoms with E-state index in [4.69, 9.17) is 16.9 Å². The highest BCUT2D eigenvalue weighted by molar-refractivity contribution is 6.09. The second-order valence-corrected chi connectivity index (χ2v) is 6.44. The van der Waals surface area contributed by atoms with Crippen LogP contribution in [0.1, 0.15) is 51.4 Å². The molecule has 0 aliphatic heterocycles. The number of Topliss-reactive ketones (excluding diaryl/α,β-unsaturated/α-hetero) is 1. The van der Waals surface area contributed by atoms with E-state index in [1.54, 1.807) is 6.07 Å². The number of ketones is 1. The summed E-state index contributed by atoms with van der Waals surface area (Å²) in [6, 6.07) is 11.0. The summed E-state index contributed by atoms with van der Waals surface area (Å²) in [5.41, 5.74) is 13.3. The fourth-order valence-corrected chi connectivity index (χ4v) is 3.01. The third kappa shape index (κ3) is 5.62. The molecule has 1 unspecified atom stereocenters. The number of amidine groups is 1. The highest BCUT2D eigenvalue weighted by Crippen LogP contribution is 2.15. The van der Waals surface area contributed by atoms with Crippen molar-refractivity contribution in [2.75, 3.05) is 7.05 Å². The lowest BCUT2D eigenvalue weighted by Gasteiger charge is -2.15. The average Bonchev–Trinajstić information content (AvgIpc) is 3.13. The van der Waals surface area contributed by atoms with Crippen LogP contribution in [-0.2, 0) is 6.42 Å². The number of nitrogens with two attached hydrogens (primary N) is 2. The molecular weight excluding hydrogens is 356 g/mol. The van der Waals surface area contributed by atoms with Crippen LogP contribution in [0, 0.1) is 5.41 Å². The van der Waals surface area contributed by atoms with Crippen molar-refractivity contribution in [3.63, 3.8) is 0 Å². The summed E-state index contributed by atoms with van der Waals surface area (Å²) in [5, 5.41) is 10.2. The number of carbonyl (C=O) groups excluding carboxylic acids is 2. The van der Waals surface area contributed by atoms with Gasteiger partial charge in [0.15, 0.2) is 5.78 Å². The summed E-state index contributed by atoms with van der Waals surface area (Å²) in [5.74, 6) is -0.456. The van der Waals surface area contributed by atoms with E-state index in [9.17, 15) is 9.59 Å². The maximum atomic E-state index is 12.3. The number of aromatic nitrogens is 1. The van der Waals surface area contributed by atoms with Crippen molar-refractivity contribution in [2.45, 2.75) is 31.7 Å². The molecule has 8 heteroatoms. The van der Waals surface area contributed by atoms with Crippen molar-refractivity contribution in [1.29, 1.82) is 5.41 Å². The monoisotopic (exact) mass is 382 g/mol. The van der Waals surface area contributed by atoms with Crippen molar-refractivity contribution < 1.29 is 9.59 Å².